The molecule has 15 heavy (non-hydrogen) atoms. The molecule has 2 N–H and O–H groups in total. The van der Waals surface area contributed by atoms with Crippen LogP contribution in [0.2, 0.25) is 0 Å². The van der Waals surface area contributed by atoms with E-state index in [1.165, 1.54) is 44.9 Å². The van der Waals surface area contributed by atoms with Crippen molar-refractivity contribution in [3.8, 4) is 0 Å². The lowest BCUT2D eigenvalue weighted by molar-refractivity contribution is -0.0174. The summed E-state index contributed by atoms with van der Waals surface area (Å²) in [7, 11) is 0. The third kappa shape index (κ3) is 2.94. The monoisotopic (exact) mass is 211 g/mol. The Morgan fingerprint density at radius 2 is 2.00 bits per heavy atom. The first-order chi connectivity index (χ1) is 7.27. The van der Waals surface area contributed by atoms with Gasteiger partial charge in [-0.3, -0.25) is 0 Å². The molecule has 0 aromatic rings. The molecule has 2 rings (SSSR count). The van der Waals surface area contributed by atoms with Crippen LogP contribution in [-0.4, -0.2) is 18.8 Å². The van der Waals surface area contributed by atoms with E-state index < -0.39 is 0 Å². The lowest BCUT2D eigenvalue weighted by atomic mass is 9.76. The summed E-state index contributed by atoms with van der Waals surface area (Å²) < 4.78 is 5.80. The van der Waals surface area contributed by atoms with Gasteiger partial charge in [0.1, 0.15) is 0 Å². The Balaban J connectivity index is 1.85. The highest BCUT2D eigenvalue weighted by molar-refractivity contribution is 4.85. The lowest BCUT2D eigenvalue weighted by Gasteiger charge is -2.37. The van der Waals surface area contributed by atoms with Crippen LogP contribution in [0.15, 0.2) is 0 Å². The molecule has 2 heteroatoms. The van der Waals surface area contributed by atoms with E-state index in [0.717, 1.165) is 18.4 Å². The second-order valence-electron chi connectivity index (χ2n) is 5.51. The first-order valence-electron chi connectivity index (χ1n) is 6.64. The molecule has 2 aliphatic rings. The summed E-state index contributed by atoms with van der Waals surface area (Å²) in [4.78, 5) is 0. The van der Waals surface area contributed by atoms with Crippen LogP contribution in [0.25, 0.3) is 0 Å². The average molecular weight is 211 g/mol. The van der Waals surface area contributed by atoms with Gasteiger partial charge >= 0.3 is 0 Å². The molecular formula is C13H25NO. The number of hydrogen-bond acceptors (Lipinski definition) is 2. The van der Waals surface area contributed by atoms with Gasteiger partial charge in [0, 0.05) is 12.6 Å². The van der Waals surface area contributed by atoms with E-state index in [9.17, 15) is 0 Å². The van der Waals surface area contributed by atoms with E-state index in [0.29, 0.717) is 12.1 Å². The fourth-order valence-corrected chi connectivity index (χ4v) is 3.20. The van der Waals surface area contributed by atoms with Crippen molar-refractivity contribution in [2.75, 3.05) is 6.61 Å². The average Bonchev–Trinajstić information content (AvgIpc) is 2.29. The van der Waals surface area contributed by atoms with Gasteiger partial charge in [0.25, 0.3) is 0 Å². The molecule has 0 amide bonds. The van der Waals surface area contributed by atoms with Crippen molar-refractivity contribution in [3.63, 3.8) is 0 Å². The smallest absolute Gasteiger partial charge is 0.0728 e. The van der Waals surface area contributed by atoms with Crippen LogP contribution in [0.4, 0.5) is 0 Å². The zero-order valence-electron chi connectivity index (χ0n) is 9.95. The van der Waals surface area contributed by atoms with Gasteiger partial charge < -0.3 is 10.5 Å². The molecule has 88 valence electrons. The molecule has 1 saturated heterocycles. The fraction of sp³-hybridized carbons (Fsp3) is 1.00. The second-order valence-corrected chi connectivity index (χ2v) is 5.51. The molecule has 0 spiro atoms. The summed E-state index contributed by atoms with van der Waals surface area (Å²) in [5.74, 6) is 1.59. The van der Waals surface area contributed by atoms with E-state index in [-0.39, 0.29) is 0 Å². The molecule has 0 radical (unpaired) electrons. The number of nitrogens with two attached hydrogens (primary N) is 1. The van der Waals surface area contributed by atoms with Gasteiger partial charge in [-0.05, 0) is 43.9 Å². The minimum atomic E-state index is 0.299. The fourth-order valence-electron chi connectivity index (χ4n) is 3.20. The Kier molecular flexibility index (Phi) is 4.04. The predicted octanol–water partition coefficient (Wildman–Crippen LogP) is 2.71. The minimum absolute atomic E-state index is 0.299. The van der Waals surface area contributed by atoms with Crippen LogP contribution in [0.1, 0.15) is 51.9 Å². The van der Waals surface area contributed by atoms with Crippen molar-refractivity contribution in [3.05, 3.63) is 0 Å². The summed E-state index contributed by atoms with van der Waals surface area (Å²) in [6, 6.07) is 0.299. The molecule has 4 atom stereocenters. The zero-order chi connectivity index (χ0) is 10.7. The van der Waals surface area contributed by atoms with Crippen LogP contribution in [-0.2, 0) is 4.74 Å². The largest absolute Gasteiger partial charge is 0.377 e. The van der Waals surface area contributed by atoms with E-state index >= 15 is 0 Å². The lowest BCUT2D eigenvalue weighted by Crippen LogP contribution is -2.45. The summed E-state index contributed by atoms with van der Waals surface area (Å²) in [6.07, 6.45) is 9.48. The maximum atomic E-state index is 6.36. The first-order valence-corrected chi connectivity index (χ1v) is 6.64. The SMILES string of the molecule is CC1CCCC(C(N)C2CCCCO2)C1. The highest BCUT2D eigenvalue weighted by Gasteiger charge is 2.31. The third-order valence-corrected chi connectivity index (χ3v) is 4.17. The van der Waals surface area contributed by atoms with Crippen molar-refractivity contribution in [2.24, 2.45) is 17.6 Å². The van der Waals surface area contributed by atoms with Gasteiger partial charge in [-0.2, -0.15) is 0 Å². The van der Waals surface area contributed by atoms with Crippen molar-refractivity contribution in [1.82, 2.24) is 0 Å². The Hall–Kier alpha value is -0.0800. The van der Waals surface area contributed by atoms with Gasteiger partial charge in [0.15, 0.2) is 0 Å². The highest BCUT2D eigenvalue weighted by Crippen LogP contribution is 2.33. The number of rotatable bonds is 2. The first kappa shape index (κ1) is 11.4. The molecular weight excluding hydrogens is 186 g/mol. The summed E-state index contributed by atoms with van der Waals surface area (Å²) >= 11 is 0. The number of ether oxygens (including phenoxy) is 1. The third-order valence-electron chi connectivity index (χ3n) is 4.17. The molecule has 1 heterocycles. The summed E-state index contributed by atoms with van der Waals surface area (Å²) in [6.45, 7) is 3.29. The Labute approximate surface area is 93.6 Å². The maximum Gasteiger partial charge on any atom is 0.0728 e. The van der Waals surface area contributed by atoms with Gasteiger partial charge in [0.2, 0.25) is 0 Å². The predicted molar refractivity (Wildman–Crippen MR) is 62.7 cm³/mol. The Morgan fingerprint density at radius 1 is 1.13 bits per heavy atom. The van der Waals surface area contributed by atoms with Gasteiger partial charge in [-0.25, -0.2) is 0 Å². The molecule has 0 aromatic heterocycles. The zero-order valence-corrected chi connectivity index (χ0v) is 9.95. The van der Waals surface area contributed by atoms with Crippen LogP contribution in [0, 0.1) is 11.8 Å². The van der Waals surface area contributed by atoms with Crippen molar-refractivity contribution < 1.29 is 4.74 Å². The molecule has 1 aliphatic carbocycles. The van der Waals surface area contributed by atoms with Crippen molar-refractivity contribution in [1.29, 1.82) is 0 Å². The highest BCUT2D eigenvalue weighted by atomic mass is 16.5. The maximum absolute atomic E-state index is 6.36. The molecule has 2 fully saturated rings. The van der Waals surface area contributed by atoms with E-state index in [2.05, 4.69) is 6.92 Å². The molecule has 0 aromatic carbocycles. The molecule has 4 unspecified atom stereocenters. The minimum Gasteiger partial charge on any atom is -0.377 e. The quantitative estimate of drug-likeness (QED) is 0.762. The Morgan fingerprint density at radius 3 is 2.67 bits per heavy atom. The van der Waals surface area contributed by atoms with Crippen LogP contribution in [0.3, 0.4) is 0 Å². The van der Waals surface area contributed by atoms with Crippen LogP contribution < -0.4 is 5.73 Å². The van der Waals surface area contributed by atoms with Crippen molar-refractivity contribution >= 4 is 0 Å². The summed E-state index contributed by atoms with van der Waals surface area (Å²) in [5, 5.41) is 0. The Bertz CT molecular complexity index is 189. The van der Waals surface area contributed by atoms with E-state index in [1.807, 2.05) is 0 Å². The van der Waals surface area contributed by atoms with Crippen LogP contribution in [0.5, 0.6) is 0 Å². The van der Waals surface area contributed by atoms with Gasteiger partial charge in [-0.1, -0.05) is 19.8 Å². The summed E-state index contributed by atoms with van der Waals surface area (Å²) in [5.41, 5.74) is 6.36. The van der Waals surface area contributed by atoms with E-state index in [4.69, 9.17) is 10.5 Å². The van der Waals surface area contributed by atoms with Crippen molar-refractivity contribution in [2.45, 2.75) is 64.0 Å². The van der Waals surface area contributed by atoms with Gasteiger partial charge in [0.05, 0.1) is 6.10 Å². The number of hydrogen-bond donors (Lipinski definition) is 1. The molecule has 1 saturated carbocycles. The van der Waals surface area contributed by atoms with Gasteiger partial charge in [-0.15, -0.1) is 0 Å². The molecule has 0 bridgehead atoms. The van der Waals surface area contributed by atoms with Crippen LogP contribution >= 0.6 is 0 Å². The standard InChI is InChI=1S/C13H25NO/c1-10-5-4-6-11(9-10)13(14)12-7-2-3-8-15-12/h10-13H,2-9,14H2,1H3. The second kappa shape index (κ2) is 5.31. The topological polar surface area (TPSA) is 35.2 Å². The van der Waals surface area contributed by atoms with E-state index in [1.54, 1.807) is 0 Å². The normalized spacial score (nSPS) is 40.0. The molecule has 1 aliphatic heterocycles. The molecule has 2 nitrogen and oxygen atoms in total.